The van der Waals surface area contributed by atoms with E-state index in [-0.39, 0.29) is 5.82 Å². The highest BCUT2D eigenvalue weighted by Gasteiger charge is 2.20. The number of benzene rings is 7. The van der Waals surface area contributed by atoms with Crippen LogP contribution < -0.4 is 0 Å². The average molecular weight is 670 g/mol. The molecule has 0 aliphatic carbocycles. The Morgan fingerprint density at radius 3 is 1.79 bits per heavy atom. The van der Waals surface area contributed by atoms with Gasteiger partial charge in [0.1, 0.15) is 5.82 Å². The Bertz CT molecular complexity index is 2760. The van der Waals surface area contributed by atoms with Gasteiger partial charge in [-0.05, 0) is 64.7 Å². The lowest BCUT2D eigenvalue weighted by Gasteiger charge is -2.16. The molecule has 244 valence electrons. The monoisotopic (exact) mass is 669 g/mol. The molecule has 0 saturated carbocycles. The van der Waals surface area contributed by atoms with Crippen LogP contribution in [0.4, 0.5) is 4.39 Å². The molecule has 9 rings (SSSR count). The van der Waals surface area contributed by atoms with Gasteiger partial charge >= 0.3 is 0 Å². The van der Waals surface area contributed by atoms with Crippen LogP contribution in [0.5, 0.6) is 0 Å². The topological polar surface area (TPSA) is 67.4 Å². The van der Waals surface area contributed by atoms with Gasteiger partial charge in [0.15, 0.2) is 17.5 Å². The Labute approximate surface area is 299 Å². The van der Waals surface area contributed by atoms with Gasteiger partial charge in [-0.2, -0.15) is 5.26 Å². The molecule has 0 atom stereocenters. The molecule has 0 N–H and O–H groups in total. The van der Waals surface area contributed by atoms with Crippen LogP contribution in [0.3, 0.4) is 0 Å². The molecule has 0 radical (unpaired) electrons. The fraction of sp³-hybridized carbons (Fsp3) is 0. The summed E-state index contributed by atoms with van der Waals surface area (Å²) in [5.41, 5.74) is 9.29. The largest absolute Gasteiger partial charge is 0.309 e. The van der Waals surface area contributed by atoms with Gasteiger partial charge in [0.05, 0.1) is 22.7 Å². The molecular formula is C46H28FN5. The number of aromatic nitrogens is 4. The van der Waals surface area contributed by atoms with Gasteiger partial charge in [0, 0.05) is 33.2 Å². The number of nitriles is 1. The Morgan fingerprint density at radius 2 is 1.06 bits per heavy atom. The number of fused-ring (bicyclic) bond motifs is 3. The zero-order valence-corrected chi connectivity index (χ0v) is 27.8. The van der Waals surface area contributed by atoms with E-state index in [1.807, 2.05) is 109 Å². The number of halogens is 1. The molecule has 0 fully saturated rings. The first-order valence-corrected chi connectivity index (χ1v) is 16.9. The number of nitrogens with zero attached hydrogens (tertiary/aromatic N) is 5. The van der Waals surface area contributed by atoms with E-state index >= 15 is 0 Å². The van der Waals surface area contributed by atoms with Gasteiger partial charge in [0.2, 0.25) is 0 Å². The van der Waals surface area contributed by atoms with Crippen molar-refractivity contribution in [1.82, 2.24) is 19.5 Å². The predicted molar refractivity (Wildman–Crippen MR) is 206 cm³/mol. The third-order valence-electron chi connectivity index (χ3n) is 9.37. The molecular weight excluding hydrogens is 642 g/mol. The van der Waals surface area contributed by atoms with Crippen molar-refractivity contribution < 1.29 is 4.39 Å². The van der Waals surface area contributed by atoms with Crippen molar-refractivity contribution in [3.63, 3.8) is 0 Å². The van der Waals surface area contributed by atoms with Gasteiger partial charge in [-0.1, -0.05) is 127 Å². The molecule has 0 amide bonds. The predicted octanol–water partition coefficient (Wildman–Crippen LogP) is 11.3. The van der Waals surface area contributed by atoms with E-state index in [9.17, 15) is 9.65 Å². The van der Waals surface area contributed by atoms with Crippen molar-refractivity contribution in [2.24, 2.45) is 0 Å². The van der Waals surface area contributed by atoms with Gasteiger partial charge in [-0.15, -0.1) is 0 Å². The quantitative estimate of drug-likeness (QED) is 0.177. The van der Waals surface area contributed by atoms with Crippen molar-refractivity contribution in [2.45, 2.75) is 0 Å². The highest BCUT2D eigenvalue weighted by atomic mass is 19.1. The Hall–Kier alpha value is -7.23. The Balaban J connectivity index is 1.33. The second kappa shape index (κ2) is 12.9. The van der Waals surface area contributed by atoms with Crippen molar-refractivity contribution in [3.8, 4) is 68.2 Å². The summed E-state index contributed by atoms with van der Waals surface area (Å²) in [6, 6.07) is 57.2. The summed E-state index contributed by atoms with van der Waals surface area (Å²) >= 11 is 0. The normalized spacial score (nSPS) is 11.2. The van der Waals surface area contributed by atoms with Crippen LogP contribution in [0.25, 0.3) is 83.9 Å². The Kier molecular flexibility index (Phi) is 7.64. The van der Waals surface area contributed by atoms with E-state index < -0.39 is 0 Å². The molecule has 5 nitrogen and oxygen atoms in total. The van der Waals surface area contributed by atoms with Crippen LogP contribution in [0, 0.1) is 17.1 Å². The van der Waals surface area contributed by atoms with Crippen LogP contribution in [-0.4, -0.2) is 19.5 Å². The minimum Gasteiger partial charge on any atom is -0.309 e. The van der Waals surface area contributed by atoms with E-state index in [1.54, 1.807) is 6.07 Å². The molecule has 6 heteroatoms. The molecule has 2 aromatic heterocycles. The molecule has 0 saturated heterocycles. The summed E-state index contributed by atoms with van der Waals surface area (Å²) < 4.78 is 17.0. The van der Waals surface area contributed by atoms with E-state index in [0.29, 0.717) is 28.6 Å². The molecule has 0 bridgehead atoms. The summed E-state index contributed by atoms with van der Waals surface area (Å²) in [5.74, 6) is 1.22. The molecule has 7 aromatic carbocycles. The minimum absolute atomic E-state index is 0.328. The van der Waals surface area contributed by atoms with Crippen molar-refractivity contribution in [2.75, 3.05) is 0 Å². The second-order valence-electron chi connectivity index (χ2n) is 12.5. The van der Waals surface area contributed by atoms with Crippen LogP contribution in [0.15, 0.2) is 170 Å². The zero-order valence-electron chi connectivity index (χ0n) is 27.8. The maximum atomic E-state index is 14.8. The fourth-order valence-electron chi connectivity index (χ4n) is 6.94. The first-order chi connectivity index (χ1) is 25.6. The molecule has 0 aliphatic heterocycles. The number of hydrogen-bond donors (Lipinski definition) is 0. The molecule has 0 spiro atoms. The van der Waals surface area contributed by atoms with Crippen molar-refractivity contribution in [1.29, 1.82) is 5.26 Å². The summed E-state index contributed by atoms with van der Waals surface area (Å²) in [6.07, 6.45) is 0. The zero-order chi connectivity index (χ0) is 35.0. The summed E-state index contributed by atoms with van der Waals surface area (Å²) in [5, 5.41) is 12.1. The highest BCUT2D eigenvalue weighted by molar-refractivity contribution is 6.10. The summed E-state index contributed by atoms with van der Waals surface area (Å²) in [7, 11) is 0. The third-order valence-corrected chi connectivity index (χ3v) is 9.37. The van der Waals surface area contributed by atoms with Crippen LogP contribution in [-0.2, 0) is 0 Å². The number of para-hydroxylation sites is 1. The van der Waals surface area contributed by atoms with Crippen LogP contribution in [0.2, 0.25) is 0 Å². The number of hydrogen-bond acceptors (Lipinski definition) is 4. The lowest BCUT2D eigenvalue weighted by atomic mass is 9.97. The summed E-state index contributed by atoms with van der Waals surface area (Å²) in [6.45, 7) is 0. The Morgan fingerprint density at radius 1 is 0.442 bits per heavy atom. The SMILES string of the molecule is N#Cc1ccccc1-c1ccc2c3ccccc3n(-c3ccc(-c4cccc(F)c4)c(-c4nc(-c5ccccc5)nc(-c5ccccc5)n4)c3)c2c1. The lowest BCUT2D eigenvalue weighted by molar-refractivity contribution is 0.628. The first-order valence-electron chi connectivity index (χ1n) is 16.9. The maximum absolute atomic E-state index is 14.8. The smallest absolute Gasteiger partial charge is 0.164 e. The van der Waals surface area contributed by atoms with E-state index in [4.69, 9.17) is 15.0 Å². The highest BCUT2D eigenvalue weighted by Crippen LogP contribution is 2.39. The van der Waals surface area contributed by atoms with E-state index in [2.05, 4.69) is 53.1 Å². The molecule has 9 aromatic rings. The minimum atomic E-state index is -0.328. The first kappa shape index (κ1) is 30.8. The maximum Gasteiger partial charge on any atom is 0.164 e. The van der Waals surface area contributed by atoms with Crippen molar-refractivity contribution in [3.05, 3.63) is 181 Å². The van der Waals surface area contributed by atoms with Gasteiger partial charge in [0.25, 0.3) is 0 Å². The molecule has 2 heterocycles. The van der Waals surface area contributed by atoms with E-state index in [0.717, 1.165) is 60.9 Å². The molecule has 0 unspecified atom stereocenters. The molecule has 52 heavy (non-hydrogen) atoms. The third kappa shape index (κ3) is 5.47. The van der Waals surface area contributed by atoms with Gasteiger partial charge in [-0.25, -0.2) is 19.3 Å². The number of rotatable bonds is 6. The van der Waals surface area contributed by atoms with Gasteiger partial charge in [-0.3, -0.25) is 0 Å². The fourth-order valence-corrected chi connectivity index (χ4v) is 6.94. The van der Waals surface area contributed by atoms with Gasteiger partial charge < -0.3 is 4.57 Å². The average Bonchev–Trinajstić information content (AvgIpc) is 3.54. The van der Waals surface area contributed by atoms with Crippen molar-refractivity contribution >= 4 is 21.8 Å². The van der Waals surface area contributed by atoms with E-state index in [1.165, 1.54) is 12.1 Å². The lowest BCUT2D eigenvalue weighted by Crippen LogP contribution is -2.02. The second-order valence-corrected chi connectivity index (χ2v) is 12.5. The molecule has 0 aliphatic rings. The summed E-state index contributed by atoms with van der Waals surface area (Å²) in [4.78, 5) is 15.1. The van der Waals surface area contributed by atoms with Crippen LogP contribution >= 0.6 is 0 Å². The standard InChI is InChI=1S/C46H28FN5/c47-35-18-11-17-32(26-35)38-25-23-36(28-41(38)46-50-44(30-12-3-1-4-13-30)49-45(51-46)31-14-5-2-6-15-31)52-42-21-10-9-20-39(42)40-24-22-33(27-43(40)52)37-19-8-7-16-34(37)29-48/h1-28H. The van der Waals surface area contributed by atoms with Crippen LogP contribution in [0.1, 0.15) is 5.56 Å².